The van der Waals surface area contributed by atoms with E-state index >= 15 is 0 Å². The molecule has 2 aliphatic carbocycles. The van der Waals surface area contributed by atoms with Crippen LogP contribution in [0.3, 0.4) is 0 Å². The Kier molecular flexibility index (Phi) is 3.85. The lowest BCUT2D eigenvalue weighted by atomic mass is 9.96. The number of carbonyl (C=O) groups excluding carboxylic acids is 1. The highest BCUT2D eigenvalue weighted by molar-refractivity contribution is 5.79. The molecule has 0 spiro atoms. The number of rotatable bonds is 3. The Balaban J connectivity index is 1.86. The highest BCUT2D eigenvalue weighted by atomic mass is 16.3. The average Bonchev–Trinajstić information content (AvgIpc) is 2.86. The maximum absolute atomic E-state index is 12.1. The minimum Gasteiger partial charge on any atom is -0.396 e. The summed E-state index contributed by atoms with van der Waals surface area (Å²) in [6, 6.07) is 0.227. The zero-order valence-corrected chi connectivity index (χ0v) is 10.1. The van der Waals surface area contributed by atoms with Crippen LogP contribution in [0.5, 0.6) is 0 Å². The van der Waals surface area contributed by atoms with E-state index in [1.54, 1.807) is 0 Å². The molecule has 0 heterocycles. The molecule has 0 saturated heterocycles. The molecule has 3 heteroatoms. The van der Waals surface area contributed by atoms with Gasteiger partial charge in [-0.1, -0.05) is 19.8 Å². The van der Waals surface area contributed by atoms with E-state index in [1.807, 2.05) is 0 Å². The van der Waals surface area contributed by atoms with Crippen molar-refractivity contribution in [2.24, 2.45) is 17.8 Å². The maximum atomic E-state index is 12.1. The lowest BCUT2D eigenvalue weighted by molar-refractivity contribution is -0.126. The molecular weight excluding hydrogens is 202 g/mol. The van der Waals surface area contributed by atoms with Gasteiger partial charge >= 0.3 is 0 Å². The van der Waals surface area contributed by atoms with Crippen LogP contribution in [0.1, 0.15) is 45.4 Å². The van der Waals surface area contributed by atoms with Gasteiger partial charge in [0.15, 0.2) is 0 Å². The van der Waals surface area contributed by atoms with Gasteiger partial charge in [-0.25, -0.2) is 0 Å². The molecule has 0 aromatic heterocycles. The fraction of sp³-hybridized carbons (Fsp3) is 0.923. The van der Waals surface area contributed by atoms with Gasteiger partial charge in [-0.15, -0.1) is 0 Å². The molecule has 1 amide bonds. The van der Waals surface area contributed by atoms with Crippen molar-refractivity contribution in [3.05, 3.63) is 0 Å². The van der Waals surface area contributed by atoms with Crippen molar-refractivity contribution in [3.63, 3.8) is 0 Å². The standard InChI is InChI=1S/C13H23NO2/c1-9-4-2-6-11(9)13(16)14-12-7-3-5-10(12)8-15/h9-12,15H,2-8H2,1H3,(H,14,16). The lowest BCUT2D eigenvalue weighted by Crippen LogP contribution is -2.42. The van der Waals surface area contributed by atoms with Crippen molar-refractivity contribution in [2.45, 2.75) is 51.5 Å². The zero-order valence-electron chi connectivity index (χ0n) is 10.1. The molecule has 3 nitrogen and oxygen atoms in total. The van der Waals surface area contributed by atoms with E-state index in [2.05, 4.69) is 12.2 Å². The summed E-state index contributed by atoms with van der Waals surface area (Å²) in [4.78, 5) is 12.1. The molecule has 0 aliphatic heterocycles. The minimum absolute atomic E-state index is 0.213. The van der Waals surface area contributed by atoms with E-state index < -0.39 is 0 Å². The Morgan fingerprint density at radius 2 is 2.00 bits per heavy atom. The van der Waals surface area contributed by atoms with Crippen LogP contribution in [0.4, 0.5) is 0 Å². The fourth-order valence-electron chi connectivity index (χ4n) is 3.27. The largest absolute Gasteiger partial charge is 0.396 e. The number of carbonyl (C=O) groups is 1. The topological polar surface area (TPSA) is 49.3 Å². The van der Waals surface area contributed by atoms with Gasteiger partial charge in [0.05, 0.1) is 0 Å². The number of aliphatic hydroxyl groups is 1. The van der Waals surface area contributed by atoms with E-state index in [0.717, 1.165) is 25.7 Å². The Morgan fingerprint density at radius 1 is 1.25 bits per heavy atom. The van der Waals surface area contributed by atoms with E-state index in [4.69, 9.17) is 0 Å². The van der Waals surface area contributed by atoms with Crippen LogP contribution in [-0.2, 0) is 4.79 Å². The van der Waals surface area contributed by atoms with Gasteiger partial charge < -0.3 is 10.4 Å². The van der Waals surface area contributed by atoms with E-state index in [9.17, 15) is 9.90 Å². The second kappa shape index (κ2) is 5.17. The van der Waals surface area contributed by atoms with Crippen LogP contribution in [0.15, 0.2) is 0 Å². The lowest BCUT2D eigenvalue weighted by Gasteiger charge is -2.22. The molecule has 0 aromatic carbocycles. The van der Waals surface area contributed by atoms with Gasteiger partial charge in [0.2, 0.25) is 5.91 Å². The normalized spacial score (nSPS) is 38.9. The summed E-state index contributed by atoms with van der Waals surface area (Å²) in [7, 11) is 0. The van der Waals surface area contributed by atoms with Gasteiger partial charge in [0, 0.05) is 24.5 Å². The molecule has 92 valence electrons. The third-order valence-electron chi connectivity index (χ3n) is 4.42. The molecule has 0 bridgehead atoms. The van der Waals surface area contributed by atoms with E-state index in [-0.39, 0.29) is 24.5 Å². The second-order valence-electron chi connectivity index (χ2n) is 5.50. The second-order valence-corrected chi connectivity index (χ2v) is 5.50. The summed E-state index contributed by atoms with van der Waals surface area (Å²) in [6.45, 7) is 2.39. The van der Waals surface area contributed by atoms with Crippen LogP contribution >= 0.6 is 0 Å². The first-order valence-corrected chi connectivity index (χ1v) is 6.63. The number of nitrogens with one attached hydrogen (secondary N) is 1. The molecule has 2 aliphatic rings. The van der Waals surface area contributed by atoms with Crippen molar-refractivity contribution in [1.29, 1.82) is 0 Å². The Bertz CT molecular complexity index is 254. The van der Waals surface area contributed by atoms with Crippen LogP contribution in [0, 0.1) is 17.8 Å². The number of amides is 1. The molecule has 4 atom stereocenters. The first-order valence-electron chi connectivity index (χ1n) is 6.63. The SMILES string of the molecule is CC1CCCC1C(=O)NC1CCCC1CO. The summed E-state index contributed by atoms with van der Waals surface area (Å²) in [6.07, 6.45) is 6.65. The Morgan fingerprint density at radius 3 is 2.62 bits per heavy atom. The van der Waals surface area contributed by atoms with Crippen LogP contribution in [0.2, 0.25) is 0 Å². The Labute approximate surface area is 97.6 Å². The Hall–Kier alpha value is -0.570. The van der Waals surface area contributed by atoms with Gasteiger partial charge in [-0.05, 0) is 31.6 Å². The predicted molar refractivity (Wildman–Crippen MR) is 62.9 cm³/mol. The van der Waals surface area contributed by atoms with Crippen molar-refractivity contribution in [2.75, 3.05) is 6.61 Å². The van der Waals surface area contributed by atoms with Crippen molar-refractivity contribution < 1.29 is 9.90 Å². The van der Waals surface area contributed by atoms with E-state index in [1.165, 1.54) is 12.8 Å². The van der Waals surface area contributed by atoms with Crippen molar-refractivity contribution in [1.82, 2.24) is 5.32 Å². The molecule has 16 heavy (non-hydrogen) atoms. The third-order valence-corrected chi connectivity index (χ3v) is 4.42. The highest BCUT2D eigenvalue weighted by Crippen LogP contribution is 2.32. The minimum atomic E-state index is 0.213. The number of hydrogen-bond donors (Lipinski definition) is 2. The quantitative estimate of drug-likeness (QED) is 0.768. The maximum Gasteiger partial charge on any atom is 0.223 e. The molecular formula is C13H23NO2. The van der Waals surface area contributed by atoms with Gasteiger partial charge in [0.1, 0.15) is 0 Å². The summed E-state index contributed by atoms with van der Waals surface area (Å²) in [5.41, 5.74) is 0. The van der Waals surface area contributed by atoms with Gasteiger partial charge in [0.25, 0.3) is 0 Å². The average molecular weight is 225 g/mol. The summed E-state index contributed by atoms with van der Waals surface area (Å²) in [5.74, 6) is 1.28. The number of hydrogen-bond acceptors (Lipinski definition) is 2. The molecule has 2 saturated carbocycles. The molecule has 2 fully saturated rings. The van der Waals surface area contributed by atoms with E-state index in [0.29, 0.717) is 11.8 Å². The first kappa shape index (κ1) is 11.9. The molecule has 4 unspecified atom stereocenters. The zero-order chi connectivity index (χ0) is 11.5. The predicted octanol–water partition coefficient (Wildman–Crippen LogP) is 1.70. The van der Waals surface area contributed by atoms with Crippen molar-refractivity contribution in [3.8, 4) is 0 Å². The fourth-order valence-corrected chi connectivity index (χ4v) is 3.27. The molecule has 0 aromatic rings. The molecule has 2 rings (SSSR count). The highest BCUT2D eigenvalue weighted by Gasteiger charge is 2.33. The van der Waals surface area contributed by atoms with Gasteiger partial charge in [-0.2, -0.15) is 0 Å². The first-order chi connectivity index (χ1) is 7.72. The van der Waals surface area contributed by atoms with Crippen LogP contribution in [0.25, 0.3) is 0 Å². The monoisotopic (exact) mass is 225 g/mol. The molecule has 0 radical (unpaired) electrons. The van der Waals surface area contributed by atoms with Gasteiger partial charge in [-0.3, -0.25) is 4.79 Å². The summed E-state index contributed by atoms with van der Waals surface area (Å²) >= 11 is 0. The van der Waals surface area contributed by atoms with Crippen LogP contribution < -0.4 is 5.32 Å². The van der Waals surface area contributed by atoms with Crippen LogP contribution in [-0.4, -0.2) is 23.7 Å². The summed E-state index contributed by atoms with van der Waals surface area (Å²) in [5, 5.41) is 12.4. The smallest absolute Gasteiger partial charge is 0.223 e. The summed E-state index contributed by atoms with van der Waals surface area (Å²) < 4.78 is 0. The van der Waals surface area contributed by atoms with Crippen molar-refractivity contribution >= 4 is 5.91 Å². The molecule has 2 N–H and O–H groups in total. The third kappa shape index (κ3) is 2.40. The number of aliphatic hydroxyl groups excluding tert-OH is 1.